The Kier molecular flexibility index (Phi) is 4.33. The molecule has 0 unspecified atom stereocenters. The third-order valence-corrected chi connectivity index (χ3v) is 2.68. The Hall–Kier alpha value is -3.94. The summed E-state index contributed by atoms with van der Waals surface area (Å²) in [6, 6.07) is 1.10. The molecule has 0 saturated heterocycles. The van der Waals surface area contributed by atoms with Gasteiger partial charge in [0.1, 0.15) is 6.07 Å². The van der Waals surface area contributed by atoms with Gasteiger partial charge in [0.2, 0.25) is 0 Å². The number of carboxylic acid groups (broad SMARTS) is 5. The largest absolute Gasteiger partial charge is 0.478 e. The number of nitrogens with zero attached hydrogens (tertiary/aromatic N) is 1. The number of benzene rings is 1. The maximum atomic E-state index is 11.2. The van der Waals surface area contributed by atoms with Gasteiger partial charge in [-0.25, -0.2) is 24.0 Å². The molecule has 0 heterocycles. The van der Waals surface area contributed by atoms with Gasteiger partial charge in [0.05, 0.1) is 33.4 Å². The first-order valence-corrected chi connectivity index (χ1v) is 5.36. The maximum absolute atomic E-state index is 11.2. The Labute approximate surface area is 125 Å². The minimum Gasteiger partial charge on any atom is -0.478 e. The molecule has 23 heavy (non-hydrogen) atoms. The topological polar surface area (TPSA) is 210 Å². The fourth-order valence-electron chi connectivity index (χ4n) is 1.93. The average molecular weight is 323 g/mol. The van der Waals surface area contributed by atoms with Crippen molar-refractivity contribution in [3.8, 4) is 6.07 Å². The molecule has 11 nitrogen and oxygen atoms in total. The predicted molar refractivity (Wildman–Crippen MR) is 66.0 cm³/mol. The summed E-state index contributed by atoms with van der Waals surface area (Å²) in [4.78, 5) is 56.0. The molecule has 0 fully saturated rings. The Morgan fingerprint density at radius 1 is 0.565 bits per heavy atom. The van der Waals surface area contributed by atoms with Crippen molar-refractivity contribution in [1.82, 2.24) is 0 Å². The van der Waals surface area contributed by atoms with Crippen molar-refractivity contribution in [1.29, 1.82) is 5.26 Å². The highest BCUT2D eigenvalue weighted by Gasteiger charge is 2.38. The molecular weight excluding hydrogens is 318 g/mol. The van der Waals surface area contributed by atoms with Gasteiger partial charge in [0.25, 0.3) is 0 Å². The first kappa shape index (κ1) is 17.1. The molecule has 0 radical (unpaired) electrons. The van der Waals surface area contributed by atoms with Gasteiger partial charge in [0.15, 0.2) is 0 Å². The number of carbonyl (C=O) groups is 5. The normalized spacial score (nSPS) is 9.70. The van der Waals surface area contributed by atoms with E-state index in [2.05, 4.69) is 0 Å². The SMILES string of the molecule is N#Cc1c(C(=O)O)c(C(=O)O)c(C(=O)O)c(C(=O)O)c1C(=O)O. The Morgan fingerprint density at radius 2 is 0.783 bits per heavy atom. The van der Waals surface area contributed by atoms with Gasteiger partial charge in [-0.15, -0.1) is 0 Å². The van der Waals surface area contributed by atoms with Gasteiger partial charge < -0.3 is 25.5 Å². The van der Waals surface area contributed by atoms with E-state index in [0.29, 0.717) is 0 Å². The van der Waals surface area contributed by atoms with Crippen LogP contribution in [0, 0.1) is 11.3 Å². The molecule has 1 aromatic rings. The second kappa shape index (κ2) is 5.82. The molecule has 11 heteroatoms. The van der Waals surface area contributed by atoms with Crippen LogP contribution < -0.4 is 0 Å². The molecule has 1 aromatic carbocycles. The zero-order valence-corrected chi connectivity index (χ0v) is 10.7. The maximum Gasteiger partial charge on any atom is 0.337 e. The van der Waals surface area contributed by atoms with Crippen LogP contribution in [-0.2, 0) is 0 Å². The van der Waals surface area contributed by atoms with E-state index in [1.165, 1.54) is 0 Å². The summed E-state index contributed by atoms with van der Waals surface area (Å²) >= 11 is 0. The molecule has 118 valence electrons. The third kappa shape index (κ3) is 2.63. The average Bonchev–Trinajstić information content (AvgIpc) is 2.42. The fourth-order valence-corrected chi connectivity index (χ4v) is 1.93. The Bertz CT molecular complexity index is 776. The molecule has 0 spiro atoms. The first-order valence-electron chi connectivity index (χ1n) is 5.36. The summed E-state index contributed by atoms with van der Waals surface area (Å²) in [6.07, 6.45) is 0. The quantitative estimate of drug-likeness (QED) is 0.488. The van der Waals surface area contributed by atoms with E-state index >= 15 is 0 Å². The minimum absolute atomic E-state index is 1.10. The van der Waals surface area contributed by atoms with Crippen LogP contribution in [0.3, 0.4) is 0 Å². The van der Waals surface area contributed by atoms with Crippen molar-refractivity contribution in [3.63, 3.8) is 0 Å². The molecule has 0 amide bonds. The molecule has 0 aliphatic rings. The van der Waals surface area contributed by atoms with Gasteiger partial charge in [0, 0.05) is 0 Å². The van der Waals surface area contributed by atoms with Gasteiger partial charge in [-0.1, -0.05) is 0 Å². The lowest BCUT2D eigenvalue weighted by Gasteiger charge is -2.14. The number of nitriles is 1. The zero-order chi connectivity index (χ0) is 18.1. The molecule has 0 aliphatic heterocycles. The lowest BCUT2D eigenvalue weighted by atomic mass is 9.86. The van der Waals surface area contributed by atoms with Gasteiger partial charge in [-0.05, 0) is 0 Å². The van der Waals surface area contributed by atoms with E-state index in [0.717, 1.165) is 6.07 Å². The van der Waals surface area contributed by atoms with Gasteiger partial charge in [-0.2, -0.15) is 5.26 Å². The molecule has 0 aromatic heterocycles. The number of hydrogen-bond donors (Lipinski definition) is 5. The molecule has 1 rings (SSSR count). The van der Waals surface area contributed by atoms with Crippen molar-refractivity contribution >= 4 is 29.8 Å². The lowest BCUT2D eigenvalue weighted by molar-refractivity contribution is 0.0609. The van der Waals surface area contributed by atoms with Crippen LogP contribution in [-0.4, -0.2) is 55.4 Å². The summed E-state index contributed by atoms with van der Waals surface area (Å²) in [5, 5.41) is 54.0. The van der Waals surface area contributed by atoms with Crippen LogP contribution in [0.25, 0.3) is 0 Å². The van der Waals surface area contributed by atoms with E-state index in [1.807, 2.05) is 0 Å². The van der Waals surface area contributed by atoms with Crippen molar-refractivity contribution in [3.05, 3.63) is 33.4 Å². The predicted octanol–water partition coefficient (Wildman–Crippen LogP) is 0.0493. The van der Waals surface area contributed by atoms with Crippen LogP contribution >= 0.6 is 0 Å². The van der Waals surface area contributed by atoms with Crippen LogP contribution in [0.5, 0.6) is 0 Å². The van der Waals surface area contributed by atoms with Gasteiger partial charge >= 0.3 is 29.8 Å². The third-order valence-electron chi connectivity index (χ3n) is 2.68. The highest BCUT2D eigenvalue weighted by molar-refractivity contribution is 6.19. The smallest absolute Gasteiger partial charge is 0.337 e. The number of rotatable bonds is 5. The molecule has 5 N–H and O–H groups in total. The summed E-state index contributed by atoms with van der Waals surface area (Å²) in [7, 11) is 0. The highest BCUT2D eigenvalue weighted by atomic mass is 16.4. The zero-order valence-electron chi connectivity index (χ0n) is 10.7. The van der Waals surface area contributed by atoms with Crippen LogP contribution in [0.15, 0.2) is 0 Å². The summed E-state index contributed by atoms with van der Waals surface area (Å²) in [6.45, 7) is 0. The highest BCUT2D eigenvalue weighted by Crippen LogP contribution is 2.29. The van der Waals surface area contributed by atoms with Crippen LogP contribution in [0.2, 0.25) is 0 Å². The minimum atomic E-state index is -2.17. The van der Waals surface area contributed by atoms with E-state index in [4.69, 9.17) is 30.8 Å². The second-order valence-electron chi connectivity index (χ2n) is 3.89. The Balaban J connectivity index is 4.44. The number of carboxylic acids is 5. The van der Waals surface area contributed by atoms with Crippen molar-refractivity contribution < 1.29 is 49.5 Å². The van der Waals surface area contributed by atoms with Crippen molar-refractivity contribution in [2.45, 2.75) is 0 Å². The summed E-state index contributed by atoms with van der Waals surface area (Å²) < 4.78 is 0. The summed E-state index contributed by atoms with van der Waals surface area (Å²) in [5.74, 6) is -10.7. The van der Waals surface area contributed by atoms with Gasteiger partial charge in [-0.3, -0.25) is 0 Å². The number of aromatic carboxylic acids is 5. The Morgan fingerprint density at radius 3 is 0.957 bits per heavy atom. The monoisotopic (exact) mass is 323 g/mol. The van der Waals surface area contributed by atoms with E-state index in [-0.39, 0.29) is 0 Å². The van der Waals surface area contributed by atoms with Crippen LogP contribution in [0.4, 0.5) is 0 Å². The second-order valence-corrected chi connectivity index (χ2v) is 3.89. The van der Waals surface area contributed by atoms with E-state index in [9.17, 15) is 24.0 Å². The lowest BCUT2D eigenvalue weighted by Crippen LogP contribution is -2.25. The fraction of sp³-hybridized carbons (Fsp3) is 0. The summed E-state index contributed by atoms with van der Waals surface area (Å²) in [5.41, 5.74) is -8.64. The standard InChI is InChI=1S/C12H5NO10/c13-1-2-3(8(14)15)5(10(18)19)7(12(22)23)6(11(20)21)4(2)9(16)17/h(H,14,15)(H,16,17)(H,18,19)(H,20,21)(H,22,23). The van der Waals surface area contributed by atoms with E-state index in [1.54, 1.807) is 0 Å². The van der Waals surface area contributed by atoms with Crippen molar-refractivity contribution in [2.75, 3.05) is 0 Å². The molecule has 0 aliphatic carbocycles. The number of hydrogen-bond acceptors (Lipinski definition) is 6. The van der Waals surface area contributed by atoms with Crippen LogP contribution in [0.1, 0.15) is 57.4 Å². The molecule has 0 saturated carbocycles. The first-order chi connectivity index (χ1) is 10.6. The molecule has 0 atom stereocenters. The van der Waals surface area contributed by atoms with Crippen molar-refractivity contribution in [2.24, 2.45) is 0 Å². The van der Waals surface area contributed by atoms with E-state index < -0.39 is 63.2 Å². The molecular formula is C12H5NO10. The molecule has 0 bridgehead atoms.